The van der Waals surface area contributed by atoms with Crippen molar-refractivity contribution < 1.29 is 13.2 Å². The van der Waals surface area contributed by atoms with Gasteiger partial charge in [0.15, 0.2) is 0 Å². The van der Waals surface area contributed by atoms with E-state index in [-0.39, 0.29) is 0 Å². The zero-order valence-electron chi connectivity index (χ0n) is 11.0. The lowest BCUT2D eigenvalue weighted by Gasteiger charge is -2.36. The van der Waals surface area contributed by atoms with Crippen LogP contribution in [0.15, 0.2) is 0 Å². The molecule has 7 nitrogen and oxygen atoms in total. The van der Waals surface area contributed by atoms with Crippen LogP contribution >= 0.6 is 0 Å². The molecule has 2 fully saturated rings. The number of hydrogen-bond donors (Lipinski definition) is 2. The number of primary amides is 1. The molecule has 0 aromatic rings. The number of nitrogens with zero attached hydrogens (tertiary/aromatic N) is 2. The SMILES string of the molecule is NC(=O)C1CCCCN1S(=O)(=O)N1CCCNCC1. The monoisotopic (exact) mass is 290 g/mol. The van der Waals surface area contributed by atoms with Crippen molar-refractivity contribution >= 4 is 16.1 Å². The van der Waals surface area contributed by atoms with Gasteiger partial charge in [0, 0.05) is 26.2 Å². The van der Waals surface area contributed by atoms with E-state index >= 15 is 0 Å². The second-order valence-electron chi connectivity index (χ2n) is 5.04. The smallest absolute Gasteiger partial charge is 0.282 e. The topological polar surface area (TPSA) is 95.7 Å². The van der Waals surface area contributed by atoms with Gasteiger partial charge in [-0.05, 0) is 25.8 Å². The van der Waals surface area contributed by atoms with Gasteiger partial charge in [-0.3, -0.25) is 4.79 Å². The summed E-state index contributed by atoms with van der Waals surface area (Å²) >= 11 is 0. The maximum absolute atomic E-state index is 12.6. The molecule has 19 heavy (non-hydrogen) atoms. The molecule has 0 aromatic carbocycles. The summed E-state index contributed by atoms with van der Waals surface area (Å²) in [4.78, 5) is 11.4. The van der Waals surface area contributed by atoms with Crippen LogP contribution < -0.4 is 11.1 Å². The van der Waals surface area contributed by atoms with Gasteiger partial charge in [0.25, 0.3) is 10.2 Å². The Bertz CT molecular complexity index is 418. The van der Waals surface area contributed by atoms with Crippen LogP contribution in [0.25, 0.3) is 0 Å². The van der Waals surface area contributed by atoms with Crippen LogP contribution in [0.5, 0.6) is 0 Å². The molecule has 110 valence electrons. The zero-order valence-corrected chi connectivity index (χ0v) is 11.9. The molecule has 1 amide bonds. The van der Waals surface area contributed by atoms with Crippen molar-refractivity contribution in [1.29, 1.82) is 0 Å². The Morgan fingerprint density at radius 3 is 2.63 bits per heavy atom. The highest BCUT2D eigenvalue weighted by Crippen LogP contribution is 2.22. The van der Waals surface area contributed by atoms with Crippen LogP contribution in [0.4, 0.5) is 0 Å². The van der Waals surface area contributed by atoms with Gasteiger partial charge < -0.3 is 11.1 Å². The third-order valence-corrected chi connectivity index (χ3v) is 5.75. The molecular weight excluding hydrogens is 268 g/mol. The molecule has 0 bridgehead atoms. The lowest BCUT2D eigenvalue weighted by Crippen LogP contribution is -2.55. The molecule has 0 radical (unpaired) electrons. The van der Waals surface area contributed by atoms with Gasteiger partial charge in [-0.25, -0.2) is 0 Å². The summed E-state index contributed by atoms with van der Waals surface area (Å²) in [5.41, 5.74) is 5.34. The summed E-state index contributed by atoms with van der Waals surface area (Å²) in [6, 6.07) is -0.685. The fourth-order valence-electron chi connectivity index (χ4n) is 2.67. The van der Waals surface area contributed by atoms with Crippen molar-refractivity contribution in [2.45, 2.75) is 31.7 Å². The van der Waals surface area contributed by atoms with Gasteiger partial charge in [0.2, 0.25) is 5.91 Å². The van der Waals surface area contributed by atoms with E-state index in [2.05, 4.69) is 5.32 Å². The standard InChI is InChI=1S/C11H22N4O3S/c12-11(16)10-4-1-2-8-15(10)19(17,18)14-7-3-5-13-6-9-14/h10,13H,1-9H2,(H2,12,16). The largest absolute Gasteiger partial charge is 0.368 e. The molecule has 3 N–H and O–H groups in total. The van der Waals surface area contributed by atoms with Crippen molar-refractivity contribution in [3.05, 3.63) is 0 Å². The predicted molar refractivity (Wildman–Crippen MR) is 71.5 cm³/mol. The van der Waals surface area contributed by atoms with Gasteiger partial charge in [0.1, 0.15) is 6.04 Å². The first-order valence-electron chi connectivity index (χ1n) is 6.80. The van der Waals surface area contributed by atoms with E-state index in [9.17, 15) is 13.2 Å². The van der Waals surface area contributed by atoms with Crippen LogP contribution in [-0.4, -0.2) is 61.7 Å². The minimum Gasteiger partial charge on any atom is -0.368 e. The van der Waals surface area contributed by atoms with E-state index in [0.29, 0.717) is 32.6 Å². The molecule has 1 unspecified atom stereocenters. The normalized spacial score (nSPS) is 27.9. The molecule has 0 aliphatic carbocycles. The van der Waals surface area contributed by atoms with Gasteiger partial charge in [0.05, 0.1) is 0 Å². The van der Waals surface area contributed by atoms with E-state index in [1.807, 2.05) is 0 Å². The Balaban J connectivity index is 2.18. The quantitative estimate of drug-likeness (QED) is 0.687. The number of rotatable bonds is 3. The van der Waals surface area contributed by atoms with E-state index < -0.39 is 22.2 Å². The lowest BCUT2D eigenvalue weighted by atomic mass is 10.0. The summed E-state index contributed by atoms with van der Waals surface area (Å²) in [5, 5.41) is 3.17. The third-order valence-electron chi connectivity index (χ3n) is 3.70. The van der Waals surface area contributed by atoms with E-state index in [1.54, 1.807) is 0 Å². The number of hydrogen-bond acceptors (Lipinski definition) is 4. The maximum atomic E-state index is 12.6. The Morgan fingerprint density at radius 1 is 1.11 bits per heavy atom. The number of nitrogens with two attached hydrogens (primary N) is 1. The molecule has 8 heteroatoms. The Kier molecular flexibility index (Phi) is 4.77. The van der Waals surface area contributed by atoms with E-state index in [1.165, 1.54) is 8.61 Å². The Morgan fingerprint density at radius 2 is 1.89 bits per heavy atom. The number of carbonyl (C=O) groups is 1. The molecule has 0 saturated carbocycles. The summed E-state index contributed by atoms with van der Waals surface area (Å²) in [6.45, 7) is 2.81. The van der Waals surface area contributed by atoms with Crippen molar-refractivity contribution in [1.82, 2.24) is 13.9 Å². The summed E-state index contributed by atoms with van der Waals surface area (Å²) < 4.78 is 28.0. The van der Waals surface area contributed by atoms with Crippen LogP contribution in [-0.2, 0) is 15.0 Å². The van der Waals surface area contributed by atoms with Crippen LogP contribution in [0, 0.1) is 0 Å². The van der Waals surface area contributed by atoms with Gasteiger partial charge in [-0.2, -0.15) is 17.0 Å². The lowest BCUT2D eigenvalue weighted by molar-refractivity contribution is -0.122. The summed E-state index contributed by atoms with van der Waals surface area (Å²) in [6.07, 6.45) is 2.95. The van der Waals surface area contributed by atoms with E-state index in [4.69, 9.17) is 5.73 Å². The van der Waals surface area contributed by atoms with E-state index in [0.717, 1.165) is 25.8 Å². The van der Waals surface area contributed by atoms with Crippen molar-refractivity contribution in [2.75, 3.05) is 32.7 Å². The van der Waals surface area contributed by atoms with Gasteiger partial charge in [-0.15, -0.1) is 0 Å². The first-order chi connectivity index (χ1) is 9.03. The fraction of sp³-hybridized carbons (Fsp3) is 0.909. The molecule has 2 rings (SSSR count). The minimum absolute atomic E-state index is 0.389. The van der Waals surface area contributed by atoms with Crippen molar-refractivity contribution in [3.63, 3.8) is 0 Å². The first kappa shape index (κ1) is 14.7. The number of piperidine rings is 1. The maximum Gasteiger partial charge on any atom is 0.282 e. The van der Waals surface area contributed by atoms with Crippen LogP contribution in [0.1, 0.15) is 25.7 Å². The Labute approximate surface area is 114 Å². The molecule has 0 aromatic heterocycles. The van der Waals surface area contributed by atoms with Gasteiger partial charge in [-0.1, -0.05) is 6.42 Å². The molecule has 2 aliphatic heterocycles. The van der Waals surface area contributed by atoms with Crippen LogP contribution in [0.3, 0.4) is 0 Å². The molecule has 1 atom stereocenters. The molecule has 2 heterocycles. The second kappa shape index (κ2) is 6.17. The highest BCUT2D eigenvalue weighted by atomic mass is 32.2. The number of carbonyl (C=O) groups excluding carboxylic acids is 1. The fourth-order valence-corrected chi connectivity index (χ4v) is 4.53. The predicted octanol–water partition coefficient (Wildman–Crippen LogP) is -1.13. The molecule has 0 spiro atoms. The average Bonchev–Trinajstić information content (AvgIpc) is 2.68. The zero-order chi connectivity index (χ0) is 13.9. The minimum atomic E-state index is -3.58. The first-order valence-corrected chi connectivity index (χ1v) is 8.20. The number of amides is 1. The average molecular weight is 290 g/mol. The van der Waals surface area contributed by atoms with Gasteiger partial charge >= 0.3 is 0 Å². The Hall–Kier alpha value is -0.700. The number of nitrogens with one attached hydrogen (secondary N) is 1. The highest BCUT2D eigenvalue weighted by molar-refractivity contribution is 7.86. The second-order valence-corrected chi connectivity index (χ2v) is 6.92. The third kappa shape index (κ3) is 3.25. The van der Waals surface area contributed by atoms with Crippen molar-refractivity contribution in [3.8, 4) is 0 Å². The molecular formula is C11H22N4O3S. The van der Waals surface area contributed by atoms with Crippen LogP contribution in [0.2, 0.25) is 0 Å². The molecule has 2 saturated heterocycles. The summed E-state index contributed by atoms with van der Waals surface area (Å²) in [5.74, 6) is -0.545. The molecule has 2 aliphatic rings. The summed E-state index contributed by atoms with van der Waals surface area (Å²) in [7, 11) is -3.58. The van der Waals surface area contributed by atoms with Crippen molar-refractivity contribution in [2.24, 2.45) is 5.73 Å². The highest BCUT2D eigenvalue weighted by Gasteiger charge is 2.38.